The summed E-state index contributed by atoms with van der Waals surface area (Å²) >= 11 is 7.19. The molecule has 0 unspecified atom stereocenters. The van der Waals surface area contributed by atoms with Gasteiger partial charge in [-0.3, -0.25) is 4.79 Å². The fourth-order valence-electron chi connectivity index (χ4n) is 4.33. The Morgan fingerprint density at radius 1 is 0.694 bits per heavy atom. The van der Waals surface area contributed by atoms with Crippen molar-refractivity contribution in [1.29, 1.82) is 0 Å². The smallest absolute Gasteiger partial charge is 0.162 e. The van der Waals surface area contributed by atoms with Crippen molar-refractivity contribution in [2.75, 3.05) is 6.61 Å². The van der Waals surface area contributed by atoms with Crippen molar-refractivity contribution in [3.8, 4) is 16.9 Å². The minimum absolute atomic E-state index is 0.234. The average molecular weight is 617 g/mol. The maximum atomic E-state index is 12.2. The summed E-state index contributed by atoms with van der Waals surface area (Å²) in [5.41, 5.74) is 3.07. The van der Waals surface area contributed by atoms with Gasteiger partial charge in [0, 0.05) is 18.5 Å². The highest BCUT2D eigenvalue weighted by molar-refractivity contribution is 9.11. The first-order valence-electron chi connectivity index (χ1n) is 13.5. The number of hydrogen-bond acceptors (Lipinski definition) is 2. The first-order valence-corrected chi connectivity index (χ1v) is 15.0. The highest BCUT2D eigenvalue weighted by Crippen LogP contribution is 2.24. The second-order valence-electron chi connectivity index (χ2n) is 9.44. The van der Waals surface area contributed by atoms with Gasteiger partial charge in [0.25, 0.3) is 0 Å². The number of ether oxygens (including phenoxy) is 1. The lowest BCUT2D eigenvalue weighted by molar-refractivity contribution is 0.0980. The van der Waals surface area contributed by atoms with Crippen LogP contribution in [0.4, 0.5) is 0 Å². The van der Waals surface area contributed by atoms with Crippen molar-refractivity contribution in [3.63, 3.8) is 0 Å². The third-order valence-corrected chi connectivity index (χ3v) is 7.96. The van der Waals surface area contributed by atoms with Crippen LogP contribution in [0.3, 0.4) is 0 Å². The number of unbranched alkanes of at least 4 members (excludes halogenated alkanes) is 8. The van der Waals surface area contributed by atoms with E-state index in [0.29, 0.717) is 6.42 Å². The molecule has 3 aromatic rings. The number of hydrogen-bond donors (Lipinski definition) is 0. The van der Waals surface area contributed by atoms with Gasteiger partial charge in [-0.25, -0.2) is 0 Å². The largest absolute Gasteiger partial charge is 0.494 e. The predicted octanol–water partition coefficient (Wildman–Crippen LogP) is 10.3. The summed E-state index contributed by atoms with van der Waals surface area (Å²) < 4.78 is 10.5. The molecule has 0 radical (unpaired) electrons. The van der Waals surface area contributed by atoms with Crippen molar-refractivity contribution < 1.29 is 9.53 Å². The molecule has 0 bridgehead atoms. The summed E-state index contributed by atoms with van der Waals surface area (Å²) in [6.07, 6.45) is 12.7. The molecule has 194 valence electrons. The molecule has 0 N–H and O–H groups in total. The molecule has 36 heavy (non-hydrogen) atoms. The second-order valence-corrected chi connectivity index (χ2v) is 11.1. The van der Waals surface area contributed by atoms with Gasteiger partial charge in [0.2, 0.25) is 0 Å². The molecule has 0 atom stereocenters. The second kappa shape index (κ2) is 16.1. The number of Topliss-reactive ketones (excluding diaryl/α,β-unsaturated/α-hetero) is 1. The van der Waals surface area contributed by atoms with E-state index in [9.17, 15) is 4.79 Å². The Hall–Kier alpha value is -1.85. The standard InChI is InChI=1S/C31H39Br2NO2/c1-2-3-12-29(35)27-15-13-25(14-16-27)26-17-19-28(20-18-26)36-24-11-9-7-5-4-6-8-10-23-34-30(32)21-22-31(34)33/h13-22H,2-12,23-24H2,1H3. The normalized spacial score (nSPS) is 11.1. The number of nitrogens with zero attached hydrogens (tertiary/aromatic N) is 1. The first-order chi connectivity index (χ1) is 17.6. The van der Waals surface area contributed by atoms with Crippen molar-refractivity contribution >= 4 is 37.6 Å². The summed E-state index contributed by atoms with van der Waals surface area (Å²) in [7, 11) is 0. The Kier molecular flexibility index (Phi) is 12.8. The van der Waals surface area contributed by atoms with Gasteiger partial charge in [-0.2, -0.15) is 0 Å². The molecular weight excluding hydrogens is 578 g/mol. The van der Waals surface area contributed by atoms with E-state index >= 15 is 0 Å². The Morgan fingerprint density at radius 2 is 1.22 bits per heavy atom. The Morgan fingerprint density at radius 3 is 1.81 bits per heavy atom. The topological polar surface area (TPSA) is 31.2 Å². The van der Waals surface area contributed by atoms with E-state index in [4.69, 9.17) is 4.74 Å². The summed E-state index contributed by atoms with van der Waals surface area (Å²) in [4.78, 5) is 12.2. The molecule has 0 saturated carbocycles. The van der Waals surface area contributed by atoms with E-state index in [1.165, 1.54) is 44.9 Å². The predicted molar refractivity (Wildman–Crippen MR) is 158 cm³/mol. The zero-order chi connectivity index (χ0) is 25.6. The Labute approximate surface area is 233 Å². The molecule has 0 aliphatic carbocycles. The lowest BCUT2D eigenvalue weighted by atomic mass is 10.0. The molecule has 0 amide bonds. The van der Waals surface area contributed by atoms with Gasteiger partial charge in [-0.15, -0.1) is 0 Å². The SMILES string of the molecule is CCCCC(=O)c1ccc(-c2ccc(OCCCCCCCCCCn3c(Br)ccc3Br)cc2)cc1. The van der Waals surface area contributed by atoms with Gasteiger partial charge in [-0.05, 0) is 86.5 Å². The van der Waals surface area contributed by atoms with Crippen LogP contribution in [-0.2, 0) is 6.54 Å². The maximum absolute atomic E-state index is 12.2. The highest BCUT2D eigenvalue weighted by atomic mass is 79.9. The lowest BCUT2D eigenvalue weighted by Gasteiger charge is -2.08. The van der Waals surface area contributed by atoms with E-state index in [1.54, 1.807) is 0 Å². The molecule has 1 heterocycles. The van der Waals surface area contributed by atoms with Gasteiger partial charge >= 0.3 is 0 Å². The molecule has 3 rings (SSSR count). The zero-order valence-corrected chi connectivity index (χ0v) is 24.7. The maximum Gasteiger partial charge on any atom is 0.162 e. The van der Waals surface area contributed by atoms with Crippen LogP contribution in [-0.4, -0.2) is 17.0 Å². The molecule has 1 aromatic heterocycles. The minimum Gasteiger partial charge on any atom is -0.494 e. The van der Waals surface area contributed by atoms with Crippen LogP contribution < -0.4 is 4.74 Å². The number of rotatable bonds is 17. The third-order valence-electron chi connectivity index (χ3n) is 6.57. The number of aromatic nitrogens is 1. The Bertz CT molecular complexity index is 1020. The molecule has 0 saturated heterocycles. The summed E-state index contributed by atoms with van der Waals surface area (Å²) in [5.74, 6) is 1.16. The number of benzene rings is 2. The van der Waals surface area contributed by atoms with E-state index in [0.717, 1.165) is 64.1 Å². The van der Waals surface area contributed by atoms with Gasteiger partial charge in [0.1, 0.15) is 5.75 Å². The average Bonchev–Trinajstić information content (AvgIpc) is 3.23. The molecule has 0 aliphatic rings. The highest BCUT2D eigenvalue weighted by Gasteiger charge is 2.06. The summed E-state index contributed by atoms with van der Waals surface area (Å²) in [6, 6.07) is 20.4. The molecule has 5 heteroatoms. The molecule has 0 spiro atoms. The zero-order valence-electron chi connectivity index (χ0n) is 21.5. The molecule has 3 nitrogen and oxygen atoms in total. The van der Waals surface area contributed by atoms with Crippen LogP contribution in [0.2, 0.25) is 0 Å². The molecular formula is C31H39Br2NO2. The monoisotopic (exact) mass is 615 g/mol. The van der Waals surface area contributed by atoms with E-state index in [2.05, 4.69) is 67.6 Å². The van der Waals surface area contributed by atoms with E-state index < -0.39 is 0 Å². The quantitative estimate of drug-likeness (QED) is 0.112. The van der Waals surface area contributed by atoms with Crippen molar-refractivity contribution in [2.24, 2.45) is 0 Å². The summed E-state index contributed by atoms with van der Waals surface area (Å²) in [5, 5.41) is 0. The van der Waals surface area contributed by atoms with Crippen LogP contribution in [0.5, 0.6) is 5.75 Å². The molecule has 2 aromatic carbocycles. The minimum atomic E-state index is 0.234. The number of halogens is 2. The van der Waals surface area contributed by atoms with Gasteiger partial charge < -0.3 is 9.30 Å². The molecule has 0 fully saturated rings. The van der Waals surface area contributed by atoms with Crippen LogP contribution in [0.25, 0.3) is 11.1 Å². The molecule has 0 aliphatic heterocycles. The van der Waals surface area contributed by atoms with Crippen molar-refractivity contribution in [2.45, 2.75) is 84.1 Å². The first kappa shape index (κ1) is 28.7. The lowest BCUT2D eigenvalue weighted by Crippen LogP contribution is -1.98. The number of ketones is 1. The number of carbonyl (C=O) groups excluding carboxylic acids is 1. The fourth-order valence-corrected chi connectivity index (χ4v) is 5.57. The van der Waals surface area contributed by atoms with Crippen LogP contribution >= 0.6 is 31.9 Å². The summed E-state index contributed by atoms with van der Waals surface area (Å²) in [6.45, 7) is 3.95. The van der Waals surface area contributed by atoms with E-state index in [-0.39, 0.29) is 5.78 Å². The van der Waals surface area contributed by atoms with Crippen LogP contribution in [0.15, 0.2) is 69.9 Å². The van der Waals surface area contributed by atoms with E-state index in [1.807, 2.05) is 36.4 Å². The Balaban J connectivity index is 1.23. The number of carbonyl (C=O) groups is 1. The van der Waals surface area contributed by atoms with Crippen molar-refractivity contribution in [3.05, 3.63) is 75.4 Å². The fraction of sp³-hybridized carbons (Fsp3) is 0.452. The van der Waals surface area contributed by atoms with Gasteiger partial charge in [0.05, 0.1) is 15.8 Å². The van der Waals surface area contributed by atoms with Crippen LogP contribution in [0.1, 0.15) is 87.9 Å². The van der Waals surface area contributed by atoms with Crippen LogP contribution in [0, 0.1) is 0 Å². The van der Waals surface area contributed by atoms with Gasteiger partial charge in [-0.1, -0.05) is 88.3 Å². The van der Waals surface area contributed by atoms with Crippen molar-refractivity contribution in [1.82, 2.24) is 4.57 Å². The van der Waals surface area contributed by atoms with Gasteiger partial charge in [0.15, 0.2) is 5.78 Å². The third kappa shape index (κ3) is 9.55.